The number of hydrogen-bond donors (Lipinski definition) is 2. The van der Waals surface area contributed by atoms with Crippen molar-refractivity contribution in [2.24, 2.45) is 5.92 Å². The maximum Gasteiger partial charge on any atom is 0.422 e. The number of halogens is 3. The van der Waals surface area contributed by atoms with E-state index in [2.05, 4.69) is 17.6 Å². The zero-order valence-corrected chi connectivity index (χ0v) is 15.0. The Hall–Kier alpha value is -1.96. The molecule has 146 valence electrons. The Morgan fingerprint density at radius 2 is 2.12 bits per heavy atom. The molecule has 0 radical (unpaired) electrons. The molecule has 2 atom stereocenters. The van der Waals surface area contributed by atoms with Crippen LogP contribution in [0.1, 0.15) is 25.3 Å². The van der Waals surface area contributed by atoms with Gasteiger partial charge >= 0.3 is 6.18 Å². The molecule has 2 N–H and O–H groups in total. The van der Waals surface area contributed by atoms with Crippen molar-refractivity contribution in [1.29, 1.82) is 0 Å². The monoisotopic (exact) mass is 374 g/mol. The van der Waals surface area contributed by atoms with Crippen LogP contribution >= 0.6 is 0 Å². The number of nitrogens with one attached hydrogen (secondary N) is 2. The fraction of sp³-hybridized carbons (Fsp3) is 0.611. The van der Waals surface area contributed by atoms with Crippen molar-refractivity contribution < 1.29 is 27.4 Å². The second-order valence-corrected chi connectivity index (χ2v) is 6.53. The Kier molecular flexibility index (Phi) is 7.14. The molecule has 0 aromatic heterocycles. The minimum Gasteiger partial charge on any atom is -0.493 e. The van der Waals surface area contributed by atoms with E-state index in [1.807, 2.05) is 0 Å². The summed E-state index contributed by atoms with van der Waals surface area (Å²) >= 11 is 0. The van der Waals surface area contributed by atoms with Gasteiger partial charge in [-0.25, -0.2) is 0 Å². The molecule has 1 amide bonds. The van der Waals surface area contributed by atoms with Gasteiger partial charge < -0.3 is 20.1 Å². The lowest BCUT2D eigenvalue weighted by Crippen LogP contribution is -2.50. The summed E-state index contributed by atoms with van der Waals surface area (Å²) in [5.74, 6) is 0.643. The molecule has 1 heterocycles. The number of rotatable bonds is 7. The highest BCUT2D eigenvalue weighted by molar-refractivity contribution is 5.76. The standard InChI is InChI=1S/C18H25F3N2O3/c1-12-7-8-22-10-14(12)23-17(24)6-4-13-3-5-15(16(9-13)25-2)26-11-18(19,20)21/h3,5,9,12,14,22H,4,6-8,10-11H2,1-2H3,(H,23,24). The number of aryl methyl sites for hydroxylation is 1. The Labute approximate surface area is 151 Å². The van der Waals surface area contributed by atoms with Crippen LogP contribution in [0.4, 0.5) is 13.2 Å². The van der Waals surface area contributed by atoms with Crippen LogP contribution in [0.15, 0.2) is 18.2 Å². The number of piperidine rings is 1. The highest BCUT2D eigenvalue weighted by Crippen LogP contribution is 2.30. The minimum absolute atomic E-state index is 0.0279. The number of carbonyl (C=O) groups excluding carboxylic acids is 1. The molecule has 2 unspecified atom stereocenters. The largest absolute Gasteiger partial charge is 0.493 e. The average molecular weight is 374 g/mol. The van der Waals surface area contributed by atoms with Gasteiger partial charge in [-0.05, 0) is 43.0 Å². The Bertz CT molecular complexity index is 608. The fourth-order valence-electron chi connectivity index (χ4n) is 2.87. The highest BCUT2D eigenvalue weighted by atomic mass is 19.4. The highest BCUT2D eigenvalue weighted by Gasteiger charge is 2.29. The molecule has 1 aliphatic rings. The summed E-state index contributed by atoms with van der Waals surface area (Å²) in [7, 11) is 1.36. The first kappa shape index (κ1) is 20.4. The third-order valence-corrected chi connectivity index (χ3v) is 4.43. The average Bonchev–Trinajstić information content (AvgIpc) is 2.59. The van der Waals surface area contributed by atoms with Crippen LogP contribution < -0.4 is 20.1 Å². The first-order valence-electron chi connectivity index (χ1n) is 8.65. The second kappa shape index (κ2) is 9.12. The smallest absolute Gasteiger partial charge is 0.422 e. The van der Waals surface area contributed by atoms with Crippen molar-refractivity contribution in [3.63, 3.8) is 0 Å². The molecule has 2 rings (SSSR count). The topological polar surface area (TPSA) is 59.6 Å². The zero-order chi connectivity index (χ0) is 19.2. The van der Waals surface area contributed by atoms with Crippen LogP contribution in [0.3, 0.4) is 0 Å². The number of ether oxygens (including phenoxy) is 2. The van der Waals surface area contributed by atoms with Gasteiger partial charge in [0.2, 0.25) is 5.91 Å². The van der Waals surface area contributed by atoms with E-state index >= 15 is 0 Å². The summed E-state index contributed by atoms with van der Waals surface area (Å²) in [5, 5.41) is 6.30. The van der Waals surface area contributed by atoms with Crippen LogP contribution in [0, 0.1) is 5.92 Å². The number of amides is 1. The molecule has 0 aliphatic carbocycles. The molecule has 1 aromatic rings. The molecule has 0 bridgehead atoms. The van der Waals surface area contributed by atoms with Gasteiger partial charge in [-0.2, -0.15) is 13.2 Å². The lowest BCUT2D eigenvalue weighted by Gasteiger charge is -2.30. The second-order valence-electron chi connectivity index (χ2n) is 6.53. The van der Waals surface area contributed by atoms with Crippen LogP contribution in [0.25, 0.3) is 0 Å². The van der Waals surface area contributed by atoms with Gasteiger partial charge in [-0.15, -0.1) is 0 Å². The lowest BCUT2D eigenvalue weighted by atomic mass is 9.94. The van der Waals surface area contributed by atoms with E-state index in [4.69, 9.17) is 9.47 Å². The van der Waals surface area contributed by atoms with Gasteiger partial charge in [-0.1, -0.05) is 13.0 Å². The Morgan fingerprint density at radius 3 is 2.77 bits per heavy atom. The third-order valence-electron chi connectivity index (χ3n) is 4.43. The SMILES string of the molecule is COc1cc(CCC(=O)NC2CNCCC2C)ccc1OCC(F)(F)F. The fourth-order valence-corrected chi connectivity index (χ4v) is 2.87. The van der Waals surface area contributed by atoms with Gasteiger partial charge in [0, 0.05) is 19.0 Å². The van der Waals surface area contributed by atoms with Crippen LogP contribution in [-0.2, 0) is 11.2 Å². The molecule has 0 saturated carbocycles. The summed E-state index contributed by atoms with van der Waals surface area (Å²) in [6.07, 6.45) is -2.61. The predicted molar refractivity (Wildman–Crippen MR) is 91.4 cm³/mol. The van der Waals surface area contributed by atoms with Gasteiger partial charge in [0.1, 0.15) is 0 Å². The van der Waals surface area contributed by atoms with Crippen molar-refractivity contribution in [3.8, 4) is 11.5 Å². The quantitative estimate of drug-likeness (QED) is 0.771. The minimum atomic E-state index is -4.41. The van der Waals surface area contributed by atoms with Crippen molar-refractivity contribution in [2.45, 2.75) is 38.4 Å². The van der Waals surface area contributed by atoms with E-state index in [-0.39, 0.29) is 23.4 Å². The maximum atomic E-state index is 12.3. The Morgan fingerprint density at radius 1 is 1.35 bits per heavy atom. The number of benzene rings is 1. The summed E-state index contributed by atoms with van der Waals surface area (Å²) in [5.41, 5.74) is 0.797. The first-order valence-corrected chi connectivity index (χ1v) is 8.65. The van der Waals surface area contributed by atoms with Crippen LogP contribution in [0.5, 0.6) is 11.5 Å². The molecular formula is C18H25F3N2O3. The van der Waals surface area contributed by atoms with E-state index in [0.717, 1.165) is 25.1 Å². The third kappa shape index (κ3) is 6.40. The van der Waals surface area contributed by atoms with E-state index < -0.39 is 12.8 Å². The Balaban J connectivity index is 1.87. The predicted octanol–water partition coefficient (Wildman–Crippen LogP) is 2.68. The van der Waals surface area contributed by atoms with E-state index in [1.54, 1.807) is 12.1 Å². The molecule has 1 aromatic carbocycles. The van der Waals surface area contributed by atoms with Crippen molar-refractivity contribution in [1.82, 2.24) is 10.6 Å². The van der Waals surface area contributed by atoms with Crippen molar-refractivity contribution >= 4 is 5.91 Å². The molecule has 8 heteroatoms. The van der Waals surface area contributed by atoms with E-state index in [0.29, 0.717) is 18.8 Å². The number of methoxy groups -OCH3 is 1. The van der Waals surface area contributed by atoms with Gasteiger partial charge in [0.25, 0.3) is 0 Å². The van der Waals surface area contributed by atoms with Gasteiger partial charge in [0.05, 0.1) is 7.11 Å². The molecule has 26 heavy (non-hydrogen) atoms. The molecule has 0 spiro atoms. The summed E-state index contributed by atoms with van der Waals surface area (Å²) in [4.78, 5) is 12.1. The summed E-state index contributed by atoms with van der Waals surface area (Å²) in [6.45, 7) is 2.48. The number of hydrogen-bond acceptors (Lipinski definition) is 4. The lowest BCUT2D eigenvalue weighted by molar-refractivity contribution is -0.153. The molecular weight excluding hydrogens is 349 g/mol. The molecule has 1 fully saturated rings. The first-order chi connectivity index (χ1) is 12.3. The number of alkyl halides is 3. The molecule has 1 saturated heterocycles. The maximum absolute atomic E-state index is 12.3. The van der Waals surface area contributed by atoms with Crippen LogP contribution in [0.2, 0.25) is 0 Å². The molecule has 1 aliphatic heterocycles. The van der Waals surface area contributed by atoms with Crippen LogP contribution in [-0.4, -0.2) is 44.9 Å². The van der Waals surface area contributed by atoms with Crippen molar-refractivity contribution in [2.75, 3.05) is 26.8 Å². The van der Waals surface area contributed by atoms with Gasteiger partial charge in [0.15, 0.2) is 18.1 Å². The normalized spacial score (nSPS) is 20.5. The van der Waals surface area contributed by atoms with E-state index in [9.17, 15) is 18.0 Å². The summed E-state index contributed by atoms with van der Waals surface area (Å²) in [6, 6.07) is 4.81. The van der Waals surface area contributed by atoms with Crippen molar-refractivity contribution in [3.05, 3.63) is 23.8 Å². The molecule has 5 nitrogen and oxygen atoms in total. The van der Waals surface area contributed by atoms with E-state index in [1.165, 1.54) is 13.2 Å². The summed E-state index contributed by atoms with van der Waals surface area (Å²) < 4.78 is 46.7. The number of carbonyl (C=O) groups is 1. The zero-order valence-electron chi connectivity index (χ0n) is 15.0. The van der Waals surface area contributed by atoms with Gasteiger partial charge in [-0.3, -0.25) is 4.79 Å².